The smallest absolute Gasteiger partial charge is 0.337 e. The number of allylic oxidation sites excluding steroid dienone is 1. The number of methoxy groups -OCH3 is 3. The summed E-state index contributed by atoms with van der Waals surface area (Å²) >= 11 is 0. The molecule has 0 saturated heterocycles. The maximum absolute atomic E-state index is 12.5. The van der Waals surface area contributed by atoms with Gasteiger partial charge in [-0.25, -0.2) is 4.79 Å². The topological polar surface area (TPSA) is 84.0 Å². The molecule has 2 aromatic carbocycles. The number of pyridine rings is 1. The molecule has 1 aromatic heterocycles. The van der Waals surface area contributed by atoms with E-state index in [1.165, 1.54) is 33.6 Å². The summed E-state index contributed by atoms with van der Waals surface area (Å²) < 4.78 is 21.1. The second-order valence-electron chi connectivity index (χ2n) is 6.64. The second-order valence-corrected chi connectivity index (χ2v) is 6.64. The van der Waals surface area contributed by atoms with E-state index in [1.807, 2.05) is 0 Å². The van der Waals surface area contributed by atoms with Crippen molar-refractivity contribution in [1.29, 1.82) is 0 Å². The number of esters is 1. The van der Waals surface area contributed by atoms with Crippen molar-refractivity contribution in [1.82, 2.24) is 4.98 Å². The number of aromatic nitrogens is 1. The SMILES string of the molecule is COC(=O)c1ccc(COc2cc(C=CC(=O)c3ccccc3OC)ncc2OC)cc1. The van der Waals surface area contributed by atoms with Crippen LogP contribution in [-0.4, -0.2) is 38.1 Å². The Balaban J connectivity index is 1.73. The highest BCUT2D eigenvalue weighted by atomic mass is 16.5. The molecule has 0 aliphatic heterocycles. The molecule has 164 valence electrons. The molecule has 7 nitrogen and oxygen atoms in total. The number of carbonyl (C=O) groups excluding carboxylic acids is 2. The third-order valence-electron chi connectivity index (χ3n) is 4.62. The molecule has 0 aliphatic carbocycles. The molecule has 0 N–H and O–H groups in total. The van der Waals surface area contributed by atoms with Crippen LogP contribution in [0.4, 0.5) is 0 Å². The van der Waals surface area contributed by atoms with Gasteiger partial charge in [0, 0.05) is 6.07 Å². The Kier molecular flexibility index (Phi) is 7.59. The van der Waals surface area contributed by atoms with Gasteiger partial charge in [-0.15, -0.1) is 0 Å². The molecular formula is C25H23NO6. The fourth-order valence-corrected chi connectivity index (χ4v) is 2.91. The molecule has 0 bridgehead atoms. The van der Waals surface area contributed by atoms with Gasteiger partial charge in [-0.05, 0) is 42.0 Å². The molecule has 0 radical (unpaired) electrons. The Labute approximate surface area is 186 Å². The van der Waals surface area contributed by atoms with Crippen molar-refractivity contribution in [2.45, 2.75) is 6.61 Å². The van der Waals surface area contributed by atoms with E-state index in [0.29, 0.717) is 34.1 Å². The molecule has 0 saturated carbocycles. The van der Waals surface area contributed by atoms with Crippen LogP contribution in [0, 0.1) is 0 Å². The minimum atomic E-state index is -0.396. The van der Waals surface area contributed by atoms with Gasteiger partial charge in [0.2, 0.25) is 0 Å². The van der Waals surface area contributed by atoms with E-state index in [1.54, 1.807) is 60.7 Å². The van der Waals surface area contributed by atoms with Crippen molar-refractivity contribution in [2.24, 2.45) is 0 Å². The van der Waals surface area contributed by atoms with E-state index in [2.05, 4.69) is 4.98 Å². The summed E-state index contributed by atoms with van der Waals surface area (Å²) in [5.74, 6) is 0.848. The van der Waals surface area contributed by atoms with Crippen LogP contribution < -0.4 is 14.2 Å². The molecule has 1 heterocycles. The van der Waals surface area contributed by atoms with Crippen LogP contribution in [0.2, 0.25) is 0 Å². The van der Waals surface area contributed by atoms with Crippen LogP contribution >= 0.6 is 0 Å². The van der Waals surface area contributed by atoms with Gasteiger partial charge < -0.3 is 18.9 Å². The van der Waals surface area contributed by atoms with Gasteiger partial charge in [0.1, 0.15) is 12.4 Å². The molecule has 0 fully saturated rings. The Morgan fingerprint density at radius 2 is 1.62 bits per heavy atom. The lowest BCUT2D eigenvalue weighted by molar-refractivity contribution is 0.0600. The van der Waals surface area contributed by atoms with Crippen molar-refractivity contribution < 1.29 is 28.5 Å². The number of nitrogens with zero attached hydrogens (tertiary/aromatic N) is 1. The summed E-state index contributed by atoms with van der Waals surface area (Å²) in [6, 6.07) is 15.6. The zero-order chi connectivity index (χ0) is 22.9. The molecule has 0 aliphatic rings. The summed E-state index contributed by atoms with van der Waals surface area (Å²) in [6.45, 7) is 0.255. The predicted molar refractivity (Wildman–Crippen MR) is 119 cm³/mol. The fraction of sp³-hybridized carbons (Fsp3) is 0.160. The van der Waals surface area contributed by atoms with Gasteiger partial charge in [0.05, 0.1) is 44.3 Å². The number of ketones is 1. The first-order valence-electron chi connectivity index (χ1n) is 9.75. The number of para-hydroxylation sites is 1. The first-order chi connectivity index (χ1) is 15.5. The van der Waals surface area contributed by atoms with Crippen LogP contribution in [0.1, 0.15) is 32.0 Å². The standard InChI is InChI=1S/C25H23NO6/c1-29-22-7-5-4-6-20(22)21(27)13-12-19-14-23(24(30-2)15-26-19)32-16-17-8-10-18(11-9-17)25(28)31-3/h4-15H,16H2,1-3H3. The van der Waals surface area contributed by atoms with Crippen molar-refractivity contribution in [3.63, 3.8) is 0 Å². The summed E-state index contributed by atoms with van der Waals surface area (Å²) in [5.41, 5.74) is 2.32. The van der Waals surface area contributed by atoms with Crippen molar-refractivity contribution >= 4 is 17.8 Å². The van der Waals surface area contributed by atoms with Gasteiger partial charge in [0.25, 0.3) is 0 Å². The Morgan fingerprint density at radius 3 is 2.31 bits per heavy atom. The number of carbonyl (C=O) groups is 2. The number of benzene rings is 2. The number of ether oxygens (including phenoxy) is 4. The molecule has 0 atom stereocenters. The Bertz CT molecular complexity index is 1120. The monoisotopic (exact) mass is 433 g/mol. The highest BCUT2D eigenvalue weighted by Gasteiger charge is 2.10. The summed E-state index contributed by atoms with van der Waals surface area (Å²) in [6.07, 6.45) is 4.57. The van der Waals surface area contributed by atoms with E-state index in [-0.39, 0.29) is 12.4 Å². The molecule has 7 heteroatoms. The number of hydrogen-bond donors (Lipinski definition) is 0. The molecular weight excluding hydrogens is 410 g/mol. The Hall–Kier alpha value is -4.13. The summed E-state index contributed by atoms with van der Waals surface area (Å²) in [4.78, 5) is 28.4. The third-order valence-corrected chi connectivity index (χ3v) is 4.62. The summed E-state index contributed by atoms with van der Waals surface area (Å²) in [7, 11) is 4.38. The predicted octanol–water partition coefficient (Wildman–Crippen LogP) is 4.36. The maximum Gasteiger partial charge on any atom is 0.337 e. The van der Waals surface area contributed by atoms with E-state index < -0.39 is 5.97 Å². The fourth-order valence-electron chi connectivity index (χ4n) is 2.91. The first-order valence-corrected chi connectivity index (χ1v) is 9.75. The lowest BCUT2D eigenvalue weighted by Gasteiger charge is -2.11. The minimum absolute atomic E-state index is 0.201. The molecule has 32 heavy (non-hydrogen) atoms. The Morgan fingerprint density at radius 1 is 0.906 bits per heavy atom. The van der Waals surface area contributed by atoms with Gasteiger partial charge in [-0.2, -0.15) is 0 Å². The van der Waals surface area contributed by atoms with Gasteiger partial charge in [-0.1, -0.05) is 24.3 Å². The second kappa shape index (κ2) is 10.8. The lowest BCUT2D eigenvalue weighted by Crippen LogP contribution is -2.02. The highest BCUT2D eigenvalue weighted by molar-refractivity contribution is 6.08. The maximum atomic E-state index is 12.5. The van der Waals surface area contributed by atoms with Crippen molar-refractivity contribution in [3.8, 4) is 17.2 Å². The van der Waals surface area contributed by atoms with Gasteiger partial charge in [-0.3, -0.25) is 9.78 Å². The third kappa shape index (κ3) is 5.51. The highest BCUT2D eigenvalue weighted by Crippen LogP contribution is 2.28. The average molecular weight is 433 g/mol. The van der Waals surface area contributed by atoms with Crippen LogP contribution in [0.3, 0.4) is 0 Å². The largest absolute Gasteiger partial charge is 0.496 e. The van der Waals surface area contributed by atoms with Crippen molar-refractivity contribution in [3.05, 3.63) is 89.3 Å². The first kappa shape index (κ1) is 22.6. The zero-order valence-corrected chi connectivity index (χ0v) is 18.0. The van der Waals surface area contributed by atoms with E-state index in [4.69, 9.17) is 18.9 Å². The average Bonchev–Trinajstić information content (AvgIpc) is 2.85. The van der Waals surface area contributed by atoms with Crippen LogP contribution in [0.15, 0.2) is 66.9 Å². The van der Waals surface area contributed by atoms with Crippen LogP contribution in [0.5, 0.6) is 17.2 Å². The molecule has 3 rings (SSSR count). The molecule has 3 aromatic rings. The summed E-state index contributed by atoms with van der Waals surface area (Å²) in [5, 5.41) is 0. The van der Waals surface area contributed by atoms with Gasteiger partial charge in [0.15, 0.2) is 17.3 Å². The molecule has 0 spiro atoms. The van der Waals surface area contributed by atoms with E-state index in [9.17, 15) is 9.59 Å². The zero-order valence-electron chi connectivity index (χ0n) is 18.0. The lowest BCUT2D eigenvalue weighted by atomic mass is 10.1. The van der Waals surface area contributed by atoms with E-state index in [0.717, 1.165) is 5.56 Å². The quantitative estimate of drug-likeness (QED) is 0.282. The normalized spacial score (nSPS) is 10.6. The van der Waals surface area contributed by atoms with Crippen molar-refractivity contribution in [2.75, 3.05) is 21.3 Å². The molecule has 0 unspecified atom stereocenters. The molecule has 0 amide bonds. The van der Waals surface area contributed by atoms with Crippen LogP contribution in [-0.2, 0) is 11.3 Å². The van der Waals surface area contributed by atoms with Crippen LogP contribution in [0.25, 0.3) is 6.08 Å². The van der Waals surface area contributed by atoms with E-state index >= 15 is 0 Å². The minimum Gasteiger partial charge on any atom is -0.496 e. The number of hydrogen-bond acceptors (Lipinski definition) is 7. The van der Waals surface area contributed by atoms with Gasteiger partial charge >= 0.3 is 5.97 Å². The number of rotatable bonds is 9.